The molecule has 0 aromatic heterocycles. The van der Waals surface area contributed by atoms with Crippen LogP contribution in [0.5, 0.6) is 0 Å². The molecule has 4 fully saturated rings. The van der Waals surface area contributed by atoms with Crippen LogP contribution in [0.25, 0.3) is 0 Å². The monoisotopic (exact) mass is 1010 g/mol. The van der Waals surface area contributed by atoms with Gasteiger partial charge in [-0.2, -0.15) is 17.6 Å². The largest absolute Gasteiger partial charge is 0.459 e. The van der Waals surface area contributed by atoms with Crippen LogP contribution in [-0.4, -0.2) is 144 Å². The highest BCUT2D eigenvalue weighted by Crippen LogP contribution is 2.85. The molecule has 0 amide bonds. The number of esters is 6. The lowest BCUT2D eigenvalue weighted by molar-refractivity contribution is -0.491. The zero-order valence-electron chi connectivity index (χ0n) is 34.7. The normalized spacial score (nSPS) is 37.6. The molecule has 10 unspecified atom stereocenters. The fourth-order valence-electron chi connectivity index (χ4n) is 8.47. The van der Waals surface area contributed by atoms with E-state index in [1.54, 1.807) is 0 Å². The lowest BCUT2D eigenvalue weighted by atomic mass is 9.32. The fraction of sp³-hybridized carbons (Fsp3) is 0.550. The lowest BCUT2D eigenvalue weighted by Crippen LogP contribution is -3.04. The Kier molecular flexibility index (Phi) is 16.8. The van der Waals surface area contributed by atoms with Gasteiger partial charge < -0.3 is 28.4 Å². The van der Waals surface area contributed by atoms with E-state index in [4.69, 9.17) is 0 Å². The predicted molar refractivity (Wildman–Crippen MR) is 196 cm³/mol. The van der Waals surface area contributed by atoms with E-state index in [1.807, 2.05) is 0 Å². The summed E-state index contributed by atoms with van der Waals surface area (Å²) in [4.78, 5) is 67.0. The van der Waals surface area contributed by atoms with Crippen molar-refractivity contribution in [1.82, 2.24) is 0 Å². The molecular formula is C40H38F16O12. The highest BCUT2D eigenvalue weighted by Gasteiger charge is 3.11. The molecule has 0 spiro atoms. The molecule has 0 N–H and O–H groups in total. The maximum atomic E-state index is 18.0. The first-order valence-electron chi connectivity index (χ1n) is 18.6. The molecular weight excluding hydrogens is 976 g/mol. The molecule has 4 aliphatic rings. The van der Waals surface area contributed by atoms with E-state index in [0.29, 0.717) is 0 Å². The minimum absolute atomic E-state index is 0.0299. The molecule has 0 bridgehead atoms. The number of carbonyl (C=O) groups excluding carboxylic acids is 6. The first-order valence-corrected chi connectivity index (χ1v) is 18.6. The number of hydrogen-bond donors (Lipinski definition) is 0. The first kappa shape index (κ1) is 58.3. The van der Waals surface area contributed by atoms with Crippen molar-refractivity contribution < 1.29 is 127 Å². The molecule has 4 aliphatic carbocycles. The van der Waals surface area contributed by atoms with Crippen LogP contribution in [0.2, 0.25) is 0 Å². The summed E-state index contributed by atoms with van der Waals surface area (Å²) in [5.74, 6) is -22.4. The van der Waals surface area contributed by atoms with Crippen molar-refractivity contribution in [3.63, 3.8) is 0 Å². The fourth-order valence-corrected chi connectivity index (χ4v) is 8.47. The molecule has 4 saturated carbocycles. The molecule has 10 atom stereocenters. The Labute approximate surface area is 373 Å². The zero-order valence-corrected chi connectivity index (χ0v) is 34.7. The number of rotatable bonds is 16. The second kappa shape index (κ2) is 19.6. The van der Waals surface area contributed by atoms with Crippen LogP contribution in [-0.2, 0) is 57.2 Å². The summed E-state index contributed by atoms with van der Waals surface area (Å²) in [6.45, 7) is 3.65. The van der Waals surface area contributed by atoms with Crippen molar-refractivity contribution >= 4 is 35.8 Å². The van der Waals surface area contributed by atoms with Crippen molar-refractivity contribution in [2.75, 3.05) is 40.1 Å². The molecule has 12 nitrogen and oxygen atoms in total. The molecule has 28 heteroatoms. The van der Waals surface area contributed by atoms with Gasteiger partial charge in [0, 0.05) is 49.3 Å². The van der Waals surface area contributed by atoms with Crippen LogP contribution >= 0.6 is 0 Å². The highest BCUT2D eigenvalue weighted by molar-refractivity contribution is 5.83. The average molecular weight is 1010 g/mol. The van der Waals surface area contributed by atoms with Crippen LogP contribution in [0.4, 0.5) is 70.2 Å². The van der Waals surface area contributed by atoms with Crippen LogP contribution in [0.1, 0.15) is 25.7 Å². The van der Waals surface area contributed by atoms with Gasteiger partial charge in [0.2, 0.25) is 59.1 Å². The van der Waals surface area contributed by atoms with Gasteiger partial charge in [0.25, 0.3) is 0 Å². The summed E-state index contributed by atoms with van der Waals surface area (Å²) in [6, 6.07) is 0. The second-order valence-corrected chi connectivity index (χ2v) is 14.9. The second-order valence-electron chi connectivity index (χ2n) is 14.9. The number of alkyl halides is 16. The van der Waals surface area contributed by atoms with E-state index < -0.39 is 170 Å². The van der Waals surface area contributed by atoms with Crippen LogP contribution < -0.4 is 0 Å². The summed E-state index contributed by atoms with van der Waals surface area (Å²) in [7, 11) is 0. The van der Waals surface area contributed by atoms with Gasteiger partial charge in [0.05, 0.1) is 0 Å². The van der Waals surface area contributed by atoms with Gasteiger partial charge in [-0.15, -0.1) is 0 Å². The molecule has 0 saturated heterocycles. The van der Waals surface area contributed by atoms with Gasteiger partial charge in [0.1, 0.15) is 26.4 Å². The average Bonchev–Trinajstić information content (AvgIpc) is 3.29. The Bertz CT molecular complexity index is 1940. The Hall–Kier alpha value is -5.86. The highest BCUT2D eigenvalue weighted by atomic mass is 19.3. The summed E-state index contributed by atoms with van der Waals surface area (Å²) < 4.78 is 287. The molecule has 0 radical (unpaired) electrons. The van der Waals surface area contributed by atoms with Crippen molar-refractivity contribution in [3.05, 3.63) is 75.9 Å². The van der Waals surface area contributed by atoms with E-state index in [0.717, 1.165) is 12.2 Å². The number of ether oxygens (including phenoxy) is 6. The van der Waals surface area contributed by atoms with Gasteiger partial charge in [-0.05, 0) is 12.8 Å². The molecule has 0 aliphatic heterocycles. The van der Waals surface area contributed by atoms with E-state index in [2.05, 4.69) is 67.9 Å². The quantitative estimate of drug-likeness (QED) is 0.0667. The first-order chi connectivity index (χ1) is 31.1. The SMILES string of the molecule is C=CC(=O)OCC1(F)CC2(F)C(F)(COC(=O)C=C)C(F)(COC(=O)C=C)C3(F)CC(F)(COC(=O)C=C)C(F)(F)C4(F)CCC(F)(C1(F)F)C2(F)C43F.C=CC(=O)OCF.C=CC(=O)OCF. The molecule has 0 heterocycles. The van der Waals surface area contributed by atoms with Crippen molar-refractivity contribution in [2.45, 2.75) is 94.2 Å². The van der Waals surface area contributed by atoms with Gasteiger partial charge in [-0.3, -0.25) is 0 Å². The molecule has 68 heavy (non-hydrogen) atoms. The Morgan fingerprint density at radius 1 is 0.368 bits per heavy atom. The Balaban J connectivity index is 0.000000982. The molecule has 0 aromatic rings. The van der Waals surface area contributed by atoms with Crippen LogP contribution in [0.3, 0.4) is 0 Å². The number of halogens is 16. The standard InChI is InChI=1S/C32H28F14O8.2C4H5FO2/c1-5-17(47)51-13-21(33)11-25(37)27(39,15-53-19(49)7-3)28(40,16-54-20(50)8-4)26(38)12-22(34,14-52-18(48)6-2)32(45,46)24(36)10-9-23(35,31(21,43)44)29(25,41)30(24,26)42;2*1-2-4(6)7-3-5/h5-8H,1-4,9-16H2;2*2H,1,3H2. The third-order valence-electron chi connectivity index (χ3n) is 11.6. The minimum atomic E-state index is -6.99. The maximum absolute atomic E-state index is 18.0. The predicted octanol–water partition coefficient (Wildman–Crippen LogP) is 7.16. The van der Waals surface area contributed by atoms with E-state index in [-0.39, 0.29) is 24.3 Å². The number of hydrogen-bond acceptors (Lipinski definition) is 12. The van der Waals surface area contributed by atoms with Gasteiger partial charge >= 0.3 is 47.7 Å². The lowest BCUT2D eigenvalue weighted by Gasteiger charge is -2.77. The van der Waals surface area contributed by atoms with Crippen molar-refractivity contribution in [2.24, 2.45) is 0 Å². The van der Waals surface area contributed by atoms with E-state index >= 15 is 61.5 Å². The van der Waals surface area contributed by atoms with Crippen LogP contribution in [0, 0.1) is 0 Å². The molecule has 0 aromatic carbocycles. The Morgan fingerprint density at radius 2 is 0.588 bits per heavy atom. The Morgan fingerprint density at radius 3 is 0.794 bits per heavy atom. The van der Waals surface area contributed by atoms with E-state index in [9.17, 15) is 37.5 Å². The van der Waals surface area contributed by atoms with Gasteiger partial charge in [-0.1, -0.05) is 39.5 Å². The smallest absolute Gasteiger partial charge is 0.332 e. The molecule has 382 valence electrons. The van der Waals surface area contributed by atoms with Crippen molar-refractivity contribution in [3.8, 4) is 0 Å². The van der Waals surface area contributed by atoms with Gasteiger partial charge in [0.15, 0.2) is 11.3 Å². The summed E-state index contributed by atoms with van der Waals surface area (Å²) in [5.41, 5.74) is -62.5. The summed E-state index contributed by atoms with van der Waals surface area (Å²) >= 11 is 0. The third kappa shape index (κ3) is 7.90. The minimum Gasteiger partial charge on any atom is -0.459 e. The summed E-state index contributed by atoms with van der Waals surface area (Å²) in [5, 5.41) is 0. The topological polar surface area (TPSA) is 158 Å². The van der Waals surface area contributed by atoms with Gasteiger partial charge in [-0.25, -0.2) is 81.5 Å². The van der Waals surface area contributed by atoms with Crippen LogP contribution in [0.15, 0.2) is 75.9 Å². The maximum Gasteiger partial charge on any atom is 0.332 e. The van der Waals surface area contributed by atoms with E-state index in [1.165, 1.54) is 0 Å². The summed E-state index contributed by atoms with van der Waals surface area (Å²) in [6.07, 6.45) is -11.3. The zero-order chi connectivity index (χ0) is 53.0. The third-order valence-corrected chi connectivity index (χ3v) is 11.6. The molecule has 4 rings (SSSR count). The number of carbonyl (C=O) groups is 6. The van der Waals surface area contributed by atoms with Crippen molar-refractivity contribution in [1.29, 1.82) is 0 Å².